The van der Waals surface area contributed by atoms with Crippen LogP contribution in [0.3, 0.4) is 0 Å². The number of carbonyl (C=O) groups is 3. The van der Waals surface area contributed by atoms with Crippen LogP contribution in [0.25, 0.3) is 0 Å². The first-order valence-corrected chi connectivity index (χ1v) is 16.6. The number of rotatable bonds is 17. The molecule has 7 heteroatoms. The van der Waals surface area contributed by atoms with Crippen molar-refractivity contribution in [2.75, 3.05) is 6.54 Å². The maximum Gasteiger partial charge on any atom is 0.408 e. The number of alkyl carbamates (subject to hydrolysis) is 1. The minimum atomic E-state index is -0.916. The van der Waals surface area contributed by atoms with Crippen molar-refractivity contribution >= 4 is 17.9 Å². The lowest BCUT2D eigenvalue weighted by Crippen LogP contribution is -2.54. The monoisotopic (exact) mass is 607 g/mol. The molecule has 3 unspecified atom stereocenters. The molecule has 0 bridgehead atoms. The molecule has 0 aliphatic rings. The van der Waals surface area contributed by atoms with Gasteiger partial charge in [0.2, 0.25) is 11.8 Å². The smallest absolute Gasteiger partial charge is 0.408 e. The van der Waals surface area contributed by atoms with Crippen LogP contribution in [-0.4, -0.2) is 47.0 Å². The molecule has 0 aliphatic carbocycles. The van der Waals surface area contributed by atoms with Crippen LogP contribution in [0.4, 0.5) is 4.79 Å². The van der Waals surface area contributed by atoms with E-state index in [1.54, 1.807) is 25.7 Å². The summed E-state index contributed by atoms with van der Waals surface area (Å²) in [4.78, 5) is 43.7. The average Bonchev–Trinajstić information content (AvgIpc) is 2.94. The molecule has 3 amide bonds. The summed E-state index contributed by atoms with van der Waals surface area (Å²) in [5.74, 6) is -0.493. The normalized spacial score (nSPS) is 13.5. The fraction of sp³-hybridized carbons (Fsp3) is 0.595. The molecular weight excluding hydrogens is 550 g/mol. The van der Waals surface area contributed by atoms with E-state index in [4.69, 9.17) is 4.74 Å². The predicted octanol–water partition coefficient (Wildman–Crippen LogP) is 7.97. The van der Waals surface area contributed by atoms with Crippen molar-refractivity contribution in [2.45, 2.75) is 137 Å². The Labute approximate surface area is 266 Å². The standard InChI is InChI=1S/C37H57N3O4/c1-9-11-12-13-14-18-24-40(33(34(41)38-29(5)19-10-2)31-25-27(3)22-23-28(31)4)35(42)32(26-30-20-16-15-17-21-30)39-36(43)44-37(6,7)8/h15-17,20-23,25,29,32-33H,9-14,18-19,24,26H2,1-8H3,(H,38,41)(H,39,43). The molecular formula is C37H57N3O4. The van der Waals surface area contributed by atoms with E-state index in [1.165, 1.54) is 6.42 Å². The van der Waals surface area contributed by atoms with Crippen molar-refractivity contribution in [3.05, 3.63) is 70.8 Å². The van der Waals surface area contributed by atoms with E-state index in [2.05, 4.69) is 24.5 Å². The lowest BCUT2D eigenvalue weighted by Gasteiger charge is -2.36. The summed E-state index contributed by atoms with van der Waals surface area (Å²) in [6.45, 7) is 16.1. The molecule has 2 rings (SSSR count). The SMILES string of the molecule is CCCCCCCCN(C(=O)C(Cc1ccccc1)NC(=O)OC(C)(C)C)C(C(=O)NC(C)CCC)c1cc(C)ccc1C. The third kappa shape index (κ3) is 12.7. The Morgan fingerprint density at radius 2 is 1.52 bits per heavy atom. The van der Waals surface area contributed by atoms with Crippen LogP contribution in [0, 0.1) is 13.8 Å². The van der Waals surface area contributed by atoms with Crippen molar-refractivity contribution in [1.82, 2.24) is 15.5 Å². The highest BCUT2D eigenvalue weighted by Crippen LogP contribution is 2.28. The van der Waals surface area contributed by atoms with E-state index in [1.807, 2.05) is 69.3 Å². The third-order valence-electron chi connectivity index (χ3n) is 7.71. The largest absolute Gasteiger partial charge is 0.444 e. The first-order chi connectivity index (χ1) is 20.9. The molecule has 0 aromatic heterocycles. The summed E-state index contributed by atoms with van der Waals surface area (Å²) in [7, 11) is 0. The molecule has 0 spiro atoms. The van der Waals surface area contributed by atoms with E-state index in [9.17, 15) is 14.4 Å². The van der Waals surface area contributed by atoms with Gasteiger partial charge in [0.15, 0.2) is 0 Å². The fourth-order valence-electron chi connectivity index (χ4n) is 5.46. The van der Waals surface area contributed by atoms with E-state index in [0.29, 0.717) is 6.54 Å². The minimum Gasteiger partial charge on any atom is -0.444 e. The van der Waals surface area contributed by atoms with Gasteiger partial charge in [0.1, 0.15) is 17.7 Å². The van der Waals surface area contributed by atoms with Gasteiger partial charge in [-0.1, -0.05) is 106 Å². The summed E-state index contributed by atoms with van der Waals surface area (Å²) < 4.78 is 5.58. The first kappa shape index (κ1) is 36.8. The molecule has 3 atom stereocenters. The molecule has 2 aromatic rings. The van der Waals surface area contributed by atoms with Gasteiger partial charge in [-0.2, -0.15) is 0 Å². The molecule has 7 nitrogen and oxygen atoms in total. The van der Waals surface area contributed by atoms with Crippen molar-refractivity contribution in [2.24, 2.45) is 0 Å². The number of benzene rings is 2. The Kier molecular flexibility index (Phi) is 15.5. The Bertz CT molecular complexity index is 1180. The highest BCUT2D eigenvalue weighted by atomic mass is 16.6. The second-order valence-electron chi connectivity index (χ2n) is 13.1. The predicted molar refractivity (Wildman–Crippen MR) is 180 cm³/mol. The minimum absolute atomic E-state index is 0.0360. The number of unbranched alkanes of at least 4 members (excludes halogenated alkanes) is 5. The molecule has 0 radical (unpaired) electrons. The molecule has 2 N–H and O–H groups in total. The van der Waals surface area contributed by atoms with Crippen LogP contribution in [0.15, 0.2) is 48.5 Å². The zero-order valence-electron chi connectivity index (χ0n) is 28.5. The molecule has 0 heterocycles. The summed E-state index contributed by atoms with van der Waals surface area (Å²) in [6.07, 6.45) is 7.69. The van der Waals surface area contributed by atoms with Gasteiger partial charge < -0.3 is 20.3 Å². The summed E-state index contributed by atoms with van der Waals surface area (Å²) >= 11 is 0. The summed E-state index contributed by atoms with van der Waals surface area (Å²) in [5.41, 5.74) is 2.95. The number of hydrogen-bond acceptors (Lipinski definition) is 4. The Balaban J connectivity index is 2.58. The molecule has 0 fully saturated rings. The maximum absolute atomic E-state index is 14.7. The van der Waals surface area contributed by atoms with E-state index >= 15 is 0 Å². The molecule has 0 aliphatic heterocycles. The van der Waals surface area contributed by atoms with Crippen molar-refractivity contribution < 1.29 is 19.1 Å². The Morgan fingerprint density at radius 3 is 2.16 bits per heavy atom. The Hall–Kier alpha value is -3.35. The van der Waals surface area contributed by atoms with Crippen molar-refractivity contribution in [1.29, 1.82) is 0 Å². The van der Waals surface area contributed by atoms with Gasteiger partial charge in [-0.25, -0.2) is 4.79 Å². The highest BCUT2D eigenvalue weighted by molar-refractivity contribution is 5.92. The first-order valence-electron chi connectivity index (χ1n) is 16.6. The lowest BCUT2D eigenvalue weighted by molar-refractivity contribution is -0.142. The average molecular weight is 608 g/mol. The van der Waals surface area contributed by atoms with Gasteiger partial charge in [-0.05, 0) is 71.1 Å². The zero-order chi connectivity index (χ0) is 32.7. The number of aryl methyl sites for hydroxylation is 2. The van der Waals surface area contributed by atoms with Gasteiger partial charge in [-0.3, -0.25) is 9.59 Å². The number of ether oxygens (including phenoxy) is 1. The van der Waals surface area contributed by atoms with Crippen LogP contribution < -0.4 is 10.6 Å². The second kappa shape index (κ2) is 18.5. The van der Waals surface area contributed by atoms with Crippen molar-refractivity contribution in [3.8, 4) is 0 Å². The number of nitrogens with zero attached hydrogens (tertiary/aromatic N) is 1. The molecule has 0 saturated carbocycles. The van der Waals surface area contributed by atoms with Crippen LogP contribution >= 0.6 is 0 Å². The fourth-order valence-corrected chi connectivity index (χ4v) is 5.46. The highest BCUT2D eigenvalue weighted by Gasteiger charge is 2.37. The number of nitrogens with one attached hydrogen (secondary N) is 2. The Morgan fingerprint density at radius 1 is 0.864 bits per heavy atom. The molecule has 0 saturated heterocycles. The van der Waals surface area contributed by atoms with Gasteiger partial charge in [0, 0.05) is 19.0 Å². The van der Waals surface area contributed by atoms with Gasteiger partial charge >= 0.3 is 6.09 Å². The molecule has 44 heavy (non-hydrogen) atoms. The second-order valence-corrected chi connectivity index (χ2v) is 13.1. The molecule has 244 valence electrons. The topological polar surface area (TPSA) is 87.7 Å². The zero-order valence-corrected chi connectivity index (χ0v) is 28.5. The van der Waals surface area contributed by atoms with Crippen LogP contribution in [0.5, 0.6) is 0 Å². The van der Waals surface area contributed by atoms with Crippen LogP contribution in [-0.2, 0) is 20.7 Å². The third-order valence-corrected chi connectivity index (χ3v) is 7.71. The van der Waals surface area contributed by atoms with Crippen LogP contribution in [0.2, 0.25) is 0 Å². The number of hydrogen-bond donors (Lipinski definition) is 2. The number of amides is 3. The lowest BCUT2D eigenvalue weighted by atomic mass is 9.94. The van der Waals surface area contributed by atoms with Gasteiger partial charge in [0.25, 0.3) is 0 Å². The van der Waals surface area contributed by atoms with Crippen LogP contribution in [0.1, 0.15) is 121 Å². The van der Waals surface area contributed by atoms with E-state index in [0.717, 1.165) is 67.2 Å². The van der Waals surface area contributed by atoms with E-state index in [-0.39, 0.29) is 24.3 Å². The van der Waals surface area contributed by atoms with E-state index < -0.39 is 23.8 Å². The van der Waals surface area contributed by atoms with Gasteiger partial charge in [0.05, 0.1) is 0 Å². The summed E-state index contributed by atoms with van der Waals surface area (Å²) in [5, 5.41) is 6.06. The summed E-state index contributed by atoms with van der Waals surface area (Å²) in [6, 6.07) is 13.9. The maximum atomic E-state index is 14.7. The van der Waals surface area contributed by atoms with Crippen molar-refractivity contribution in [3.63, 3.8) is 0 Å². The number of carbonyl (C=O) groups excluding carboxylic acids is 3. The van der Waals surface area contributed by atoms with Gasteiger partial charge in [-0.15, -0.1) is 0 Å². The quantitative estimate of drug-likeness (QED) is 0.179. The molecule has 2 aromatic carbocycles.